The molecule has 4 heterocycles. The van der Waals surface area contributed by atoms with Crippen LogP contribution >= 0.6 is 11.6 Å². The third-order valence-electron chi connectivity index (χ3n) is 5.12. The number of aromatic amines is 1. The van der Waals surface area contributed by atoms with Crippen LogP contribution in [0.25, 0.3) is 44.5 Å². The quantitative estimate of drug-likeness (QED) is 0.413. The molecule has 0 atom stereocenters. The van der Waals surface area contributed by atoms with Crippen LogP contribution in [0.2, 0.25) is 5.02 Å². The van der Waals surface area contributed by atoms with Crippen molar-refractivity contribution in [3.05, 3.63) is 81.4 Å². The second-order valence-corrected chi connectivity index (χ2v) is 7.37. The summed E-state index contributed by atoms with van der Waals surface area (Å²) >= 11 is 6.56. The summed E-state index contributed by atoms with van der Waals surface area (Å²) in [7, 11) is 0. The third kappa shape index (κ3) is 2.82. The van der Waals surface area contributed by atoms with Gasteiger partial charge in [0, 0.05) is 29.4 Å². The van der Waals surface area contributed by atoms with Crippen molar-refractivity contribution in [3.8, 4) is 22.6 Å². The second-order valence-electron chi connectivity index (χ2n) is 6.96. The molecule has 142 valence electrons. The molecule has 29 heavy (non-hydrogen) atoms. The van der Waals surface area contributed by atoms with Gasteiger partial charge in [-0.3, -0.25) is 9.78 Å². The molecule has 0 bridgehead atoms. The fourth-order valence-corrected chi connectivity index (χ4v) is 3.94. The van der Waals surface area contributed by atoms with Crippen LogP contribution in [-0.2, 0) is 0 Å². The number of rotatable bonds is 2. The molecule has 0 saturated heterocycles. The van der Waals surface area contributed by atoms with Gasteiger partial charge in [0.05, 0.1) is 15.9 Å². The van der Waals surface area contributed by atoms with Crippen molar-refractivity contribution < 1.29 is 4.42 Å². The summed E-state index contributed by atoms with van der Waals surface area (Å²) in [6.45, 7) is 3.90. The molecular formula is C23H16ClN3O2. The minimum absolute atomic E-state index is 0.0964. The maximum Gasteiger partial charge on any atom is 0.191 e. The number of hydrogen-bond donors (Lipinski definition) is 1. The summed E-state index contributed by atoms with van der Waals surface area (Å²) in [6.07, 6.45) is 3.32. The number of aryl methyl sites for hydroxylation is 2. The monoisotopic (exact) mass is 401 g/mol. The van der Waals surface area contributed by atoms with E-state index in [2.05, 4.69) is 9.97 Å². The van der Waals surface area contributed by atoms with Gasteiger partial charge in [0.1, 0.15) is 17.1 Å². The highest BCUT2D eigenvalue weighted by molar-refractivity contribution is 6.35. The Balaban J connectivity index is 1.91. The largest absolute Gasteiger partial charge is 0.460 e. The van der Waals surface area contributed by atoms with Gasteiger partial charge < -0.3 is 9.40 Å². The molecule has 0 fully saturated rings. The van der Waals surface area contributed by atoms with Gasteiger partial charge in [-0.2, -0.15) is 0 Å². The zero-order valence-corrected chi connectivity index (χ0v) is 16.5. The first-order valence-corrected chi connectivity index (χ1v) is 9.54. The zero-order chi connectivity index (χ0) is 20.1. The van der Waals surface area contributed by atoms with Crippen molar-refractivity contribution >= 4 is 33.5 Å². The summed E-state index contributed by atoms with van der Waals surface area (Å²) in [4.78, 5) is 24.7. The molecule has 5 rings (SSSR count). The van der Waals surface area contributed by atoms with Crippen LogP contribution in [0.1, 0.15) is 11.3 Å². The summed E-state index contributed by atoms with van der Waals surface area (Å²) in [5.74, 6) is 1.41. The number of benzene rings is 1. The number of H-pyrrole nitrogens is 1. The Morgan fingerprint density at radius 1 is 1.03 bits per heavy atom. The van der Waals surface area contributed by atoms with Gasteiger partial charge in [-0.1, -0.05) is 17.7 Å². The van der Waals surface area contributed by atoms with Crippen molar-refractivity contribution in [2.75, 3.05) is 0 Å². The Labute approximate surface area is 171 Å². The normalized spacial score (nSPS) is 11.4. The minimum Gasteiger partial charge on any atom is -0.460 e. The van der Waals surface area contributed by atoms with Gasteiger partial charge in [-0.15, -0.1) is 0 Å². The lowest BCUT2D eigenvalue weighted by atomic mass is 9.94. The lowest BCUT2D eigenvalue weighted by Crippen LogP contribution is -2.03. The molecule has 6 heteroatoms. The van der Waals surface area contributed by atoms with Gasteiger partial charge in [-0.05, 0) is 55.3 Å². The number of nitrogens with one attached hydrogen (secondary N) is 1. The lowest BCUT2D eigenvalue weighted by Gasteiger charge is -2.14. The predicted octanol–water partition coefficient (Wildman–Crippen LogP) is 5.67. The summed E-state index contributed by atoms with van der Waals surface area (Å²) in [6, 6.07) is 12.9. The maximum atomic E-state index is 12.5. The van der Waals surface area contributed by atoms with Crippen molar-refractivity contribution in [1.82, 2.24) is 15.0 Å². The Kier molecular flexibility index (Phi) is 4.00. The smallest absolute Gasteiger partial charge is 0.191 e. The van der Waals surface area contributed by atoms with Crippen LogP contribution in [0.4, 0.5) is 0 Å². The highest BCUT2D eigenvalue weighted by Gasteiger charge is 2.19. The Bertz CT molecular complexity index is 1470. The fourth-order valence-electron chi connectivity index (χ4n) is 3.68. The standard InChI is InChI=1S/C23H16ClN3O2/c1-12-5-6-20(29-12)22-16(10-17-19(28)7-9-26-23(17)27-22)15-11-18(24)21-14(13(15)2)4-3-8-25-21/h3-11H,1-2H3,(H,26,27,28). The number of nitrogens with zero attached hydrogens (tertiary/aromatic N) is 2. The van der Waals surface area contributed by atoms with Crippen molar-refractivity contribution in [2.24, 2.45) is 0 Å². The van der Waals surface area contributed by atoms with Crippen molar-refractivity contribution in [1.29, 1.82) is 0 Å². The first kappa shape index (κ1) is 17.6. The molecule has 0 aliphatic rings. The number of halogens is 1. The van der Waals surface area contributed by atoms with Crippen molar-refractivity contribution in [3.63, 3.8) is 0 Å². The summed E-state index contributed by atoms with van der Waals surface area (Å²) in [5, 5.41) is 2.01. The summed E-state index contributed by atoms with van der Waals surface area (Å²) in [5.41, 5.74) is 4.49. The molecule has 0 aliphatic carbocycles. The molecule has 4 aromatic heterocycles. The molecule has 1 aromatic carbocycles. The average molecular weight is 402 g/mol. The SMILES string of the molecule is Cc1ccc(-c2nc3[nH]ccc(=O)c3cc2-c2cc(Cl)c3ncccc3c2C)o1. The number of furan rings is 1. The number of aromatic nitrogens is 3. The lowest BCUT2D eigenvalue weighted by molar-refractivity contribution is 0.547. The Morgan fingerprint density at radius 2 is 1.90 bits per heavy atom. The van der Waals surface area contributed by atoms with E-state index in [9.17, 15) is 4.79 Å². The van der Waals surface area contributed by atoms with Crippen molar-refractivity contribution in [2.45, 2.75) is 13.8 Å². The fraction of sp³-hybridized carbons (Fsp3) is 0.0870. The van der Waals surface area contributed by atoms with Gasteiger partial charge >= 0.3 is 0 Å². The third-order valence-corrected chi connectivity index (χ3v) is 5.41. The molecule has 1 N–H and O–H groups in total. The Morgan fingerprint density at radius 3 is 2.69 bits per heavy atom. The number of hydrogen-bond acceptors (Lipinski definition) is 4. The molecule has 0 amide bonds. The van der Waals surface area contributed by atoms with Crippen LogP contribution in [-0.4, -0.2) is 15.0 Å². The summed E-state index contributed by atoms with van der Waals surface area (Å²) < 4.78 is 5.87. The van der Waals surface area contributed by atoms with E-state index >= 15 is 0 Å². The van der Waals surface area contributed by atoms with E-state index in [1.54, 1.807) is 12.4 Å². The van der Waals surface area contributed by atoms with E-state index in [0.717, 1.165) is 33.4 Å². The van der Waals surface area contributed by atoms with Gasteiger partial charge in [0.15, 0.2) is 11.2 Å². The molecule has 0 saturated carbocycles. The van der Waals surface area contributed by atoms with E-state index < -0.39 is 0 Å². The average Bonchev–Trinajstić information content (AvgIpc) is 3.16. The molecule has 0 unspecified atom stereocenters. The Hall–Kier alpha value is -3.44. The first-order valence-electron chi connectivity index (χ1n) is 9.16. The van der Waals surface area contributed by atoms with Crippen LogP contribution < -0.4 is 5.43 Å². The van der Waals surface area contributed by atoms with Gasteiger partial charge in [0.2, 0.25) is 0 Å². The number of pyridine rings is 3. The van der Waals surface area contributed by atoms with Crippen LogP contribution in [0.3, 0.4) is 0 Å². The van der Waals surface area contributed by atoms with Gasteiger partial charge in [-0.25, -0.2) is 4.98 Å². The second kappa shape index (κ2) is 6.57. The van der Waals surface area contributed by atoms with E-state index in [1.807, 2.05) is 50.2 Å². The van der Waals surface area contributed by atoms with E-state index in [4.69, 9.17) is 21.0 Å². The van der Waals surface area contributed by atoms with E-state index in [0.29, 0.717) is 27.5 Å². The topological polar surface area (TPSA) is 71.8 Å². The van der Waals surface area contributed by atoms with Crippen LogP contribution in [0, 0.1) is 13.8 Å². The molecule has 5 aromatic rings. The first-order chi connectivity index (χ1) is 14.0. The van der Waals surface area contributed by atoms with Gasteiger partial charge in [0.25, 0.3) is 0 Å². The molecule has 0 spiro atoms. The predicted molar refractivity (Wildman–Crippen MR) is 115 cm³/mol. The molecule has 5 nitrogen and oxygen atoms in total. The van der Waals surface area contributed by atoms with Crippen LogP contribution in [0.15, 0.2) is 64.1 Å². The highest BCUT2D eigenvalue weighted by atomic mass is 35.5. The van der Waals surface area contributed by atoms with Crippen LogP contribution in [0.5, 0.6) is 0 Å². The molecule has 0 aliphatic heterocycles. The maximum absolute atomic E-state index is 12.5. The minimum atomic E-state index is -0.0964. The van der Waals surface area contributed by atoms with E-state index in [-0.39, 0.29) is 5.43 Å². The number of fused-ring (bicyclic) bond motifs is 2. The molecular weight excluding hydrogens is 386 g/mol. The zero-order valence-electron chi connectivity index (χ0n) is 15.8. The molecule has 0 radical (unpaired) electrons. The van der Waals surface area contributed by atoms with E-state index in [1.165, 1.54) is 6.07 Å². The highest BCUT2D eigenvalue weighted by Crippen LogP contribution is 2.39.